The molecule has 0 aromatic rings. The summed E-state index contributed by atoms with van der Waals surface area (Å²) in [5.41, 5.74) is 5.39. The van der Waals surface area contributed by atoms with E-state index in [1.54, 1.807) is 0 Å². The SMILES string of the molecule is CC/C=C\C/C=C\C/C=C\C/C=C\C/C=C\CCCCCCCCCCCC(=O)OC(COC(=O)CCCCCCCCCCCCCCCCCCCCCCCCCCCCCCC)COP(=O)(O)OCCN. The Labute approximate surface area is 463 Å². The van der Waals surface area contributed by atoms with Gasteiger partial charge in [-0.05, 0) is 57.8 Å². The number of phosphoric ester groups is 1. The number of hydrogen-bond donors (Lipinski definition) is 2. The monoisotopic (exact) mass is 1070 g/mol. The first-order valence-electron chi connectivity index (χ1n) is 31.8. The third kappa shape index (κ3) is 60.8. The van der Waals surface area contributed by atoms with E-state index in [9.17, 15) is 19.0 Å². The van der Waals surface area contributed by atoms with Gasteiger partial charge in [0.15, 0.2) is 6.10 Å². The van der Waals surface area contributed by atoms with Gasteiger partial charge < -0.3 is 20.1 Å². The van der Waals surface area contributed by atoms with Crippen molar-refractivity contribution in [1.82, 2.24) is 0 Å². The fourth-order valence-electron chi connectivity index (χ4n) is 9.25. The van der Waals surface area contributed by atoms with Crippen LogP contribution in [0.15, 0.2) is 60.8 Å². The Balaban J connectivity index is 3.90. The van der Waals surface area contributed by atoms with Crippen LogP contribution in [0.2, 0.25) is 0 Å². The van der Waals surface area contributed by atoms with Gasteiger partial charge in [-0.15, -0.1) is 0 Å². The molecule has 0 aliphatic heterocycles. The zero-order chi connectivity index (χ0) is 54.5. The van der Waals surface area contributed by atoms with E-state index >= 15 is 0 Å². The van der Waals surface area contributed by atoms with Gasteiger partial charge in [0.05, 0.1) is 13.2 Å². The molecular weight excluding hydrogens is 954 g/mol. The van der Waals surface area contributed by atoms with Gasteiger partial charge in [0.2, 0.25) is 0 Å². The van der Waals surface area contributed by atoms with E-state index in [0.717, 1.165) is 77.0 Å². The van der Waals surface area contributed by atoms with Crippen molar-refractivity contribution in [2.75, 3.05) is 26.4 Å². The molecule has 0 radical (unpaired) electrons. The van der Waals surface area contributed by atoms with E-state index in [2.05, 4.69) is 74.6 Å². The molecule has 10 heteroatoms. The normalized spacial score (nSPS) is 13.4. The van der Waals surface area contributed by atoms with Gasteiger partial charge in [-0.3, -0.25) is 18.6 Å². The average Bonchev–Trinajstić information content (AvgIpc) is 3.40. The molecule has 2 atom stereocenters. The maximum absolute atomic E-state index is 12.7. The number of carbonyl (C=O) groups excluding carboxylic acids is 2. The van der Waals surface area contributed by atoms with E-state index in [-0.39, 0.29) is 38.6 Å². The lowest BCUT2D eigenvalue weighted by molar-refractivity contribution is -0.161. The van der Waals surface area contributed by atoms with Crippen molar-refractivity contribution in [2.45, 2.75) is 315 Å². The molecule has 0 saturated heterocycles. The Morgan fingerprint density at radius 3 is 1.09 bits per heavy atom. The van der Waals surface area contributed by atoms with E-state index < -0.39 is 26.5 Å². The van der Waals surface area contributed by atoms with Crippen molar-refractivity contribution in [3.8, 4) is 0 Å². The first-order chi connectivity index (χ1) is 36.8. The van der Waals surface area contributed by atoms with E-state index in [0.29, 0.717) is 6.42 Å². The zero-order valence-electron chi connectivity index (χ0n) is 49.0. The number of carbonyl (C=O) groups is 2. The molecule has 0 saturated carbocycles. The summed E-state index contributed by atoms with van der Waals surface area (Å²) in [6, 6.07) is 0. The molecule has 0 amide bonds. The van der Waals surface area contributed by atoms with Gasteiger partial charge in [-0.25, -0.2) is 4.57 Å². The number of esters is 2. The summed E-state index contributed by atoms with van der Waals surface area (Å²) in [5, 5.41) is 0. The molecule has 2 unspecified atom stereocenters. The van der Waals surface area contributed by atoms with Crippen LogP contribution in [0.4, 0.5) is 0 Å². The Kier molecular flexibility index (Phi) is 59.1. The highest BCUT2D eigenvalue weighted by Crippen LogP contribution is 2.43. The molecule has 0 heterocycles. The molecular formula is C65H120NO8P. The summed E-state index contributed by atoms with van der Waals surface area (Å²) in [4.78, 5) is 35.3. The zero-order valence-corrected chi connectivity index (χ0v) is 49.9. The molecule has 438 valence electrons. The number of phosphoric acid groups is 1. The molecule has 0 aromatic heterocycles. The number of hydrogen-bond acceptors (Lipinski definition) is 8. The summed E-state index contributed by atoms with van der Waals surface area (Å²) in [6.45, 7) is 3.67. The van der Waals surface area contributed by atoms with Gasteiger partial charge in [0.1, 0.15) is 6.61 Å². The molecule has 0 aromatic carbocycles. The maximum atomic E-state index is 12.7. The molecule has 75 heavy (non-hydrogen) atoms. The van der Waals surface area contributed by atoms with Crippen molar-refractivity contribution >= 4 is 19.8 Å². The highest BCUT2D eigenvalue weighted by atomic mass is 31.2. The van der Waals surface area contributed by atoms with Crippen LogP contribution in [0.1, 0.15) is 309 Å². The molecule has 0 aliphatic rings. The van der Waals surface area contributed by atoms with E-state index in [4.69, 9.17) is 24.3 Å². The van der Waals surface area contributed by atoms with Crippen LogP contribution in [0.3, 0.4) is 0 Å². The van der Waals surface area contributed by atoms with Gasteiger partial charge in [0, 0.05) is 19.4 Å². The molecule has 0 aliphatic carbocycles. The number of nitrogens with two attached hydrogens (primary N) is 1. The molecule has 9 nitrogen and oxygen atoms in total. The van der Waals surface area contributed by atoms with Gasteiger partial charge in [-0.1, -0.05) is 299 Å². The summed E-state index contributed by atoms with van der Waals surface area (Å²) in [6.07, 6.45) is 77.2. The van der Waals surface area contributed by atoms with E-state index in [1.807, 2.05) is 0 Å². The van der Waals surface area contributed by atoms with Crippen molar-refractivity contribution < 1.29 is 37.6 Å². The highest BCUT2D eigenvalue weighted by molar-refractivity contribution is 7.47. The molecule has 0 rings (SSSR count). The molecule has 3 N–H and O–H groups in total. The molecule has 0 fully saturated rings. The summed E-state index contributed by atoms with van der Waals surface area (Å²) in [7, 11) is -4.39. The average molecular weight is 1070 g/mol. The second-order valence-electron chi connectivity index (χ2n) is 21.3. The van der Waals surface area contributed by atoms with Gasteiger partial charge >= 0.3 is 19.8 Å². The van der Waals surface area contributed by atoms with Crippen molar-refractivity contribution in [2.24, 2.45) is 5.73 Å². The standard InChI is InChI=1S/C65H120NO8P/c1-3-5-7-9-11-13-15-17-19-21-23-25-27-29-30-31-32-34-35-37-39-41-43-45-47-49-51-53-55-57-64(67)71-61-63(62-73-75(69,70)72-60-59-66)74-65(68)58-56-54-52-50-48-46-44-42-40-38-36-33-28-26-24-22-20-18-16-14-12-10-8-6-4-2/h6,8,12,14,18,20,24,26,33,36,63H,3-5,7,9-11,13,15-17,19,21-23,25,27-32,34-35,37-62,66H2,1-2H3,(H,69,70)/b8-6-,14-12-,20-18-,26-24-,36-33-. The van der Waals surface area contributed by atoms with Crippen LogP contribution >= 0.6 is 7.82 Å². The predicted molar refractivity (Wildman–Crippen MR) is 321 cm³/mol. The van der Waals surface area contributed by atoms with Crippen molar-refractivity contribution in [1.29, 1.82) is 0 Å². The predicted octanol–water partition coefficient (Wildman–Crippen LogP) is 20.3. The van der Waals surface area contributed by atoms with Crippen LogP contribution in [-0.4, -0.2) is 49.3 Å². The van der Waals surface area contributed by atoms with Crippen LogP contribution in [0.5, 0.6) is 0 Å². The third-order valence-corrected chi connectivity index (χ3v) is 14.9. The van der Waals surface area contributed by atoms with Crippen LogP contribution in [0, 0.1) is 0 Å². The van der Waals surface area contributed by atoms with Crippen molar-refractivity contribution in [3.05, 3.63) is 60.8 Å². The molecule has 0 bridgehead atoms. The molecule has 0 spiro atoms. The second kappa shape index (κ2) is 60.9. The Morgan fingerprint density at radius 2 is 0.733 bits per heavy atom. The minimum Gasteiger partial charge on any atom is -0.462 e. The number of allylic oxidation sites excluding steroid dienone is 10. The Bertz CT molecular complexity index is 1410. The number of unbranched alkanes of at least 4 members (excludes halogenated alkanes) is 37. The smallest absolute Gasteiger partial charge is 0.462 e. The third-order valence-electron chi connectivity index (χ3n) is 13.9. The first kappa shape index (κ1) is 72.7. The minimum absolute atomic E-state index is 0.0517. The largest absolute Gasteiger partial charge is 0.472 e. The first-order valence-corrected chi connectivity index (χ1v) is 33.3. The fourth-order valence-corrected chi connectivity index (χ4v) is 10.0. The minimum atomic E-state index is -4.39. The number of ether oxygens (including phenoxy) is 2. The second-order valence-corrected chi connectivity index (χ2v) is 22.7. The van der Waals surface area contributed by atoms with Crippen LogP contribution < -0.4 is 5.73 Å². The highest BCUT2D eigenvalue weighted by Gasteiger charge is 2.26. The quantitative estimate of drug-likeness (QED) is 0.0264. The topological polar surface area (TPSA) is 134 Å². The van der Waals surface area contributed by atoms with Gasteiger partial charge in [0.25, 0.3) is 0 Å². The summed E-state index contributed by atoms with van der Waals surface area (Å²) in [5.74, 6) is -0.823. The lowest BCUT2D eigenvalue weighted by Gasteiger charge is -2.19. The van der Waals surface area contributed by atoms with E-state index in [1.165, 1.54) is 199 Å². The van der Waals surface area contributed by atoms with Crippen molar-refractivity contribution in [3.63, 3.8) is 0 Å². The fraction of sp³-hybridized carbons (Fsp3) is 0.815. The number of rotatable bonds is 60. The van der Waals surface area contributed by atoms with Crippen LogP contribution in [-0.2, 0) is 32.7 Å². The Hall–Kier alpha value is -2.29. The van der Waals surface area contributed by atoms with Gasteiger partial charge in [-0.2, -0.15) is 0 Å². The maximum Gasteiger partial charge on any atom is 0.472 e. The lowest BCUT2D eigenvalue weighted by atomic mass is 10.0. The Morgan fingerprint density at radius 1 is 0.413 bits per heavy atom. The summed E-state index contributed by atoms with van der Waals surface area (Å²) < 4.78 is 33.1. The van der Waals surface area contributed by atoms with Crippen LogP contribution in [0.25, 0.3) is 0 Å². The summed E-state index contributed by atoms with van der Waals surface area (Å²) >= 11 is 0. The lowest BCUT2D eigenvalue weighted by Crippen LogP contribution is -2.29.